The monoisotopic (exact) mass is 418 g/mol. The predicted octanol–water partition coefficient (Wildman–Crippen LogP) is 2.84. The Labute approximate surface area is 184 Å². The minimum atomic E-state index is 0.733. The summed E-state index contributed by atoms with van der Waals surface area (Å²) in [6.07, 6.45) is 3.80. The van der Waals surface area contributed by atoms with Crippen LogP contribution in [0.3, 0.4) is 0 Å². The first-order valence-corrected chi connectivity index (χ1v) is 10.7. The number of benzene rings is 2. The van der Waals surface area contributed by atoms with Gasteiger partial charge in [-0.25, -0.2) is 0 Å². The van der Waals surface area contributed by atoms with Gasteiger partial charge in [0.1, 0.15) is 5.75 Å². The van der Waals surface area contributed by atoms with E-state index in [1.807, 2.05) is 42.3 Å². The molecule has 0 aliphatic carbocycles. The van der Waals surface area contributed by atoms with Crippen molar-refractivity contribution in [1.29, 1.82) is 0 Å². The summed E-state index contributed by atoms with van der Waals surface area (Å²) >= 11 is 0. The fourth-order valence-electron chi connectivity index (χ4n) is 4.01. The molecule has 0 unspecified atom stereocenters. The number of nitrogens with zero attached hydrogens (tertiary/aromatic N) is 5. The van der Waals surface area contributed by atoms with E-state index in [-0.39, 0.29) is 0 Å². The number of rotatable bonds is 6. The van der Waals surface area contributed by atoms with Gasteiger partial charge in [0, 0.05) is 52.2 Å². The van der Waals surface area contributed by atoms with Crippen LogP contribution in [0.15, 0.2) is 72.0 Å². The number of guanidine groups is 1. The van der Waals surface area contributed by atoms with E-state index >= 15 is 0 Å². The number of aliphatic imine (C=N–C) groups is 1. The van der Waals surface area contributed by atoms with Crippen molar-refractivity contribution in [2.45, 2.75) is 13.1 Å². The lowest BCUT2D eigenvalue weighted by Crippen LogP contribution is -2.52. The number of nitrogens with one attached hydrogen (secondary N) is 1. The maximum Gasteiger partial charge on any atom is 0.194 e. The number of hydrogen-bond acceptors (Lipinski definition) is 4. The van der Waals surface area contributed by atoms with Crippen molar-refractivity contribution in [3.63, 3.8) is 0 Å². The first-order chi connectivity index (χ1) is 15.3. The summed E-state index contributed by atoms with van der Waals surface area (Å²) < 4.78 is 7.48. The number of hydrogen-bond donors (Lipinski definition) is 1. The molecule has 1 fully saturated rings. The standard InChI is InChI=1S/C24H30N6O/c1-25-24(26-18-20-8-3-4-9-21(20)19-30-13-7-12-27-30)29-16-14-28(15-17-29)22-10-5-6-11-23(22)31-2/h3-13H,14-19H2,1-2H3,(H,25,26). The van der Waals surface area contributed by atoms with Crippen molar-refractivity contribution in [3.05, 3.63) is 78.1 Å². The molecule has 31 heavy (non-hydrogen) atoms. The number of methoxy groups -OCH3 is 1. The molecule has 0 atom stereocenters. The summed E-state index contributed by atoms with van der Waals surface area (Å²) in [4.78, 5) is 9.23. The van der Waals surface area contributed by atoms with Gasteiger partial charge in [-0.3, -0.25) is 9.67 Å². The molecule has 2 aromatic carbocycles. The van der Waals surface area contributed by atoms with E-state index in [1.54, 1.807) is 7.11 Å². The summed E-state index contributed by atoms with van der Waals surface area (Å²) in [5.41, 5.74) is 3.67. The van der Waals surface area contributed by atoms with Gasteiger partial charge in [0.25, 0.3) is 0 Å². The highest BCUT2D eigenvalue weighted by Crippen LogP contribution is 2.28. The molecule has 1 aliphatic rings. The second-order valence-corrected chi connectivity index (χ2v) is 7.52. The number of piperazine rings is 1. The normalized spacial score (nSPS) is 14.6. The zero-order valence-corrected chi connectivity index (χ0v) is 18.2. The van der Waals surface area contributed by atoms with Gasteiger partial charge in [-0.05, 0) is 29.3 Å². The van der Waals surface area contributed by atoms with Crippen LogP contribution in [0.25, 0.3) is 0 Å². The average molecular weight is 419 g/mol. The molecule has 1 aliphatic heterocycles. The van der Waals surface area contributed by atoms with Crippen LogP contribution in [0.2, 0.25) is 0 Å². The Kier molecular flexibility index (Phi) is 6.72. The highest BCUT2D eigenvalue weighted by Gasteiger charge is 2.21. The fourth-order valence-corrected chi connectivity index (χ4v) is 4.01. The minimum absolute atomic E-state index is 0.733. The molecule has 0 radical (unpaired) electrons. The van der Waals surface area contributed by atoms with E-state index in [4.69, 9.17) is 4.74 Å². The smallest absolute Gasteiger partial charge is 0.194 e. The third-order valence-corrected chi connectivity index (χ3v) is 5.66. The number of aromatic nitrogens is 2. The Bertz CT molecular complexity index is 993. The van der Waals surface area contributed by atoms with Gasteiger partial charge in [0.05, 0.1) is 19.3 Å². The van der Waals surface area contributed by atoms with Crippen molar-refractivity contribution >= 4 is 11.6 Å². The highest BCUT2D eigenvalue weighted by atomic mass is 16.5. The van der Waals surface area contributed by atoms with Crippen molar-refractivity contribution in [3.8, 4) is 5.75 Å². The van der Waals surface area contributed by atoms with Crippen LogP contribution in [-0.2, 0) is 13.1 Å². The van der Waals surface area contributed by atoms with Crippen LogP contribution in [0.5, 0.6) is 5.75 Å². The van der Waals surface area contributed by atoms with E-state index in [9.17, 15) is 0 Å². The molecule has 0 spiro atoms. The molecular formula is C24H30N6O. The molecule has 0 bridgehead atoms. The molecule has 162 valence electrons. The van der Waals surface area contributed by atoms with Gasteiger partial charge in [-0.1, -0.05) is 36.4 Å². The molecule has 1 N–H and O–H groups in total. The van der Waals surface area contributed by atoms with Crippen LogP contribution in [-0.4, -0.2) is 61.0 Å². The highest BCUT2D eigenvalue weighted by molar-refractivity contribution is 5.80. The van der Waals surface area contributed by atoms with Gasteiger partial charge in [0.2, 0.25) is 0 Å². The topological polar surface area (TPSA) is 57.9 Å². The lowest BCUT2D eigenvalue weighted by Gasteiger charge is -2.38. The Balaban J connectivity index is 1.36. The van der Waals surface area contributed by atoms with Crippen molar-refractivity contribution in [1.82, 2.24) is 20.0 Å². The first-order valence-electron chi connectivity index (χ1n) is 10.7. The quantitative estimate of drug-likeness (QED) is 0.493. The molecule has 0 amide bonds. The van der Waals surface area contributed by atoms with E-state index in [0.717, 1.165) is 56.7 Å². The molecule has 7 nitrogen and oxygen atoms in total. The summed E-state index contributed by atoms with van der Waals surface area (Å²) in [7, 11) is 3.58. The first kappa shape index (κ1) is 20.8. The van der Waals surface area contributed by atoms with Gasteiger partial charge in [-0.2, -0.15) is 5.10 Å². The fraction of sp³-hybridized carbons (Fsp3) is 0.333. The second-order valence-electron chi connectivity index (χ2n) is 7.52. The molecule has 1 saturated heterocycles. The van der Waals surface area contributed by atoms with E-state index in [0.29, 0.717) is 0 Å². The number of ether oxygens (including phenoxy) is 1. The molecule has 2 heterocycles. The Hall–Kier alpha value is -3.48. The summed E-state index contributed by atoms with van der Waals surface area (Å²) in [6.45, 7) is 5.17. The molecule has 1 aromatic heterocycles. The van der Waals surface area contributed by atoms with Crippen LogP contribution in [0.4, 0.5) is 5.69 Å². The maximum atomic E-state index is 5.53. The number of anilines is 1. The third kappa shape index (κ3) is 4.99. The summed E-state index contributed by atoms with van der Waals surface area (Å²) in [5, 5.41) is 7.89. The van der Waals surface area contributed by atoms with Gasteiger partial charge >= 0.3 is 0 Å². The summed E-state index contributed by atoms with van der Waals surface area (Å²) in [6, 6.07) is 18.6. The zero-order valence-electron chi connectivity index (χ0n) is 18.2. The lowest BCUT2D eigenvalue weighted by molar-refractivity contribution is 0.367. The van der Waals surface area contributed by atoms with Crippen LogP contribution in [0, 0.1) is 0 Å². The van der Waals surface area contributed by atoms with E-state index < -0.39 is 0 Å². The molecule has 7 heteroatoms. The Morgan fingerprint density at radius 1 is 1.00 bits per heavy atom. The second kappa shape index (κ2) is 10.0. The van der Waals surface area contributed by atoms with Crippen LogP contribution < -0.4 is 15.0 Å². The zero-order chi connectivity index (χ0) is 21.5. The summed E-state index contributed by atoms with van der Waals surface area (Å²) in [5.74, 6) is 1.86. The molecular weight excluding hydrogens is 388 g/mol. The Morgan fingerprint density at radius 2 is 1.74 bits per heavy atom. The Morgan fingerprint density at radius 3 is 2.45 bits per heavy atom. The maximum absolute atomic E-state index is 5.53. The molecule has 3 aromatic rings. The van der Waals surface area contributed by atoms with Gasteiger partial charge in [0.15, 0.2) is 5.96 Å². The van der Waals surface area contributed by atoms with Gasteiger partial charge in [-0.15, -0.1) is 0 Å². The SMILES string of the molecule is CN=C(NCc1ccccc1Cn1cccn1)N1CCN(c2ccccc2OC)CC1. The van der Waals surface area contributed by atoms with E-state index in [2.05, 4.69) is 61.6 Å². The minimum Gasteiger partial charge on any atom is -0.495 e. The van der Waals surface area contributed by atoms with Crippen molar-refractivity contribution in [2.75, 3.05) is 45.2 Å². The largest absolute Gasteiger partial charge is 0.495 e. The average Bonchev–Trinajstić information content (AvgIpc) is 3.34. The van der Waals surface area contributed by atoms with Gasteiger partial charge < -0.3 is 19.9 Å². The third-order valence-electron chi connectivity index (χ3n) is 5.66. The predicted molar refractivity (Wildman–Crippen MR) is 125 cm³/mol. The molecule has 4 rings (SSSR count). The van der Waals surface area contributed by atoms with Crippen LogP contribution in [0.1, 0.15) is 11.1 Å². The van der Waals surface area contributed by atoms with Crippen LogP contribution >= 0.6 is 0 Å². The van der Waals surface area contributed by atoms with Crippen molar-refractivity contribution < 1.29 is 4.74 Å². The molecule has 0 saturated carbocycles. The number of para-hydroxylation sites is 2. The van der Waals surface area contributed by atoms with Crippen molar-refractivity contribution in [2.24, 2.45) is 4.99 Å². The van der Waals surface area contributed by atoms with E-state index in [1.165, 1.54) is 11.1 Å². The lowest BCUT2D eigenvalue weighted by atomic mass is 10.1.